The van der Waals surface area contributed by atoms with Gasteiger partial charge in [-0.25, -0.2) is 4.98 Å². The van der Waals surface area contributed by atoms with E-state index in [1.807, 2.05) is 6.20 Å². The fraction of sp³-hybridized carbons (Fsp3) is 0.545. The number of aromatic nitrogens is 1. The monoisotopic (exact) mass is 302 g/mol. The number of hydrogen-bond donors (Lipinski definition) is 2. The van der Waals surface area contributed by atoms with Crippen molar-refractivity contribution in [1.82, 2.24) is 10.3 Å². The van der Waals surface area contributed by atoms with Crippen LogP contribution in [-0.4, -0.2) is 22.7 Å². The molecule has 1 aromatic heterocycles. The maximum atomic E-state index is 9.04. The van der Waals surface area contributed by atoms with Crippen molar-refractivity contribution in [3.8, 4) is 0 Å². The zero-order valence-corrected chi connectivity index (χ0v) is 11.5. The molecule has 16 heavy (non-hydrogen) atoms. The summed E-state index contributed by atoms with van der Waals surface area (Å²) in [5.41, 5.74) is 0. The fourth-order valence-electron chi connectivity index (χ4n) is 1.89. The maximum Gasteiger partial charge on any atom is 0.110 e. The molecule has 88 valence electrons. The van der Waals surface area contributed by atoms with Crippen LogP contribution >= 0.6 is 27.3 Å². The number of halogens is 1. The molecule has 3 nitrogen and oxygen atoms in total. The van der Waals surface area contributed by atoms with Gasteiger partial charge in [-0.15, -0.1) is 11.3 Å². The second-order valence-corrected chi connectivity index (χ2v) is 6.50. The van der Waals surface area contributed by atoms with Crippen molar-refractivity contribution in [2.45, 2.75) is 25.4 Å². The van der Waals surface area contributed by atoms with E-state index in [1.165, 1.54) is 0 Å². The van der Waals surface area contributed by atoms with Crippen molar-refractivity contribution in [3.63, 3.8) is 0 Å². The predicted molar refractivity (Wildman–Crippen MR) is 69.5 cm³/mol. The normalized spacial score (nSPS) is 26.2. The average Bonchev–Trinajstić information content (AvgIpc) is 2.87. The minimum Gasteiger partial charge on any atom is -0.396 e. The zero-order valence-electron chi connectivity index (χ0n) is 9.06. The average molecular weight is 303 g/mol. The van der Waals surface area contributed by atoms with Crippen LogP contribution < -0.4 is 5.32 Å². The highest BCUT2D eigenvalue weighted by Crippen LogP contribution is 2.26. The number of nitrogens with one attached hydrogen (secondary N) is 1. The van der Waals surface area contributed by atoms with E-state index in [2.05, 4.69) is 45.3 Å². The Hall–Kier alpha value is -0.230. The van der Waals surface area contributed by atoms with Gasteiger partial charge in [-0.2, -0.15) is 0 Å². The van der Waals surface area contributed by atoms with Crippen LogP contribution in [0.2, 0.25) is 0 Å². The summed E-state index contributed by atoms with van der Waals surface area (Å²) in [4.78, 5) is 4.33. The van der Waals surface area contributed by atoms with Crippen LogP contribution in [0, 0.1) is 5.92 Å². The Morgan fingerprint density at radius 1 is 1.69 bits per heavy atom. The topological polar surface area (TPSA) is 45.1 Å². The van der Waals surface area contributed by atoms with Gasteiger partial charge < -0.3 is 10.4 Å². The lowest BCUT2D eigenvalue weighted by Gasteiger charge is -2.17. The first-order valence-corrected chi connectivity index (χ1v) is 6.96. The molecule has 0 aliphatic heterocycles. The molecule has 0 bridgehead atoms. The lowest BCUT2D eigenvalue weighted by atomic mass is 10.1. The van der Waals surface area contributed by atoms with E-state index in [0.717, 1.165) is 15.2 Å². The fourth-order valence-corrected chi connectivity index (χ4v) is 3.15. The Kier molecular flexibility index (Phi) is 4.13. The molecule has 0 saturated heterocycles. The molecule has 2 N–H and O–H groups in total. The van der Waals surface area contributed by atoms with Gasteiger partial charge in [0, 0.05) is 18.6 Å². The summed E-state index contributed by atoms with van der Waals surface area (Å²) in [7, 11) is 0. The first-order chi connectivity index (χ1) is 7.69. The molecule has 2 rings (SSSR count). The largest absolute Gasteiger partial charge is 0.396 e. The highest BCUT2D eigenvalue weighted by molar-refractivity contribution is 9.11. The Labute approximate surface area is 108 Å². The van der Waals surface area contributed by atoms with Crippen LogP contribution in [0.25, 0.3) is 0 Å². The standard InChI is InChI=1S/C11H15BrN2OS/c1-7(11-13-5-10(12)16-11)14-9-3-2-8(4-9)6-15/h2-3,5,7-9,14-15H,4,6H2,1H3/t7?,8-,9+/m0/s1. The van der Waals surface area contributed by atoms with E-state index < -0.39 is 0 Å². The number of rotatable bonds is 4. The zero-order chi connectivity index (χ0) is 11.5. The van der Waals surface area contributed by atoms with E-state index in [4.69, 9.17) is 5.11 Å². The Bertz CT molecular complexity index is 380. The number of thiazole rings is 1. The first-order valence-electron chi connectivity index (χ1n) is 5.35. The molecular weight excluding hydrogens is 288 g/mol. The van der Waals surface area contributed by atoms with Gasteiger partial charge in [0.15, 0.2) is 0 Å². The molecule has 1 aliphatic rings. The van der Waals surface area contributed by atoms with E-state index >= 15 is 0 Å². The summed E-state index contributed by atoms with van der Waals surface area (Å²) in [6, 6.07) is 0.609. The van der Waals surface area contributed by atoms with Crippen molar-refractivity contribution in [1.29, 1.82) is 0 Å². The molecule has 1 heterocycles. The maximum absolute atomic E-state index is 9.04. The van der Waals surface area contributed by atoms with Gasteiger partial charge in [-0.1, -0.05) is 12.2 Å². The Balaban J connectivity index is 1.89. The molecule has 0 amide bonds. The molecule has 3 atom stereocenters. The molecule has 1 aromatic rings. The second kappa shape index (κ2) is 5.40. The smallest absolute Gasteiger partial charge is 0.110 e. The molecule has 0 radical (unpaired) electrons. The predicted octanol–water partition coefficient (Wildman–Crippen LogP) is 2.49. The third-order valence-corrected chi connectivity index (χ3v) is 4.40. The van der Waals surface area contributed by atoms with Crippen molar-refractivity contribution < 1.29 is 5.11 Å². The molecule has 0 spiro atoms. The van der Waals surface area contributed by atoms with E-state index in [9.17, 15) is 0 Å². The molecule has 1 unspecified atom stereocenters. The van der Waals surface area contributed by atoms with Gasteiger partial charge in [0.2, 0.25) is 0 Å². The summed E-state index contributed by atoms with van der Waals surface area (Å²) < 4.78 is 1.06. The van der Waals surface area contributed by atoms with Gasteiger partial charge in [-0.05, 0) is 29.3 Å². The highest BCUT2D eigenvalue weighted by atomic mass is 79.9. The van der Waals surface area contributed by atoms with Crippen LogP contribution in [0.15, 0.2) is 22.1 Å². The second-order valence-electron chi connectivity index (χ2n) is 4.06. The van der Waals surface area contributed by atoms with E-state index in [0.29, 0.717) is 12.0 Å². The molecule has 5 heteroatoms. The van der Waals surface area contributed by atoms with Crippen molar-refractivity contribution in [2.75, 3.05) is 6.61 Å². The molecular formula is C11H15BrN2OS. The summed E-state index contributed by atoms with van der Waals surface area (Å²) >= 11 is 5.07. The number of aliphatic hydroxyl groups excluding tert-OH is 1. The van der Waals surface area contributed by atoms with Gasteiger partial charge in [0.05, 0.1) is 16.0 Å². The van der Waals surface area contributed by atoms with Gasteiger partial charge in [0.25, 0.3) is 0 Å². The summed E-state index contributed by atoms with van der Waals surface area (Å²) in [6.07, 6.45) is 7.04. The lowest BCUT2D eigenvalue weighted by Crippen LogP contribution is -2.29. The highest BCUT2D eigenvalue weighted by Gasteiger charge is 2.20. The minimum atomic E-state index is 0.242. The quantitative estimate of drug-likeness (QED) is 0.840. The van der Waals surface area contributed by atoms with Crippen LogP contribution in [0.1, 0.15) is 24.4 Å². The van der Waals surface area contributed by atoms with Crippen molar-refractivity contribution >= 4 is 27.3 Å². The van der Waals surface area contributed by atoms with Crippen molar-refractivity contribution in [2.24, 2.45) is 5.92 Å². The van der Waals surface area contributed by atoms with Crippen LogP contribution in [-0.2, 0) is 0 Å². The van der Waals surface area contributed by atoms with E-state index in [1.54, 1.807) is 11.3 Å². The van der Waals surface area contributed by atoms with Gasteiger partial charge in [0.1, 0.15) is 5.01 Å². The molecule has 0 aromatic carbocycles. The number of hydrogen-bond acceptors (Lipinski definition) is 4. The Morgan fingerprint density at radius 2 is 2.50 bits per heavy atom. The summed E-state index contributed by atoms with van der Waals surface area (Å²) in [5.74, 6) is 0.313. The van der Waals surface area contributed by atoms with Crippen LogP contribution in [0.4, 0.5) is 0 Å². The van der Waals surface area contributed by atoms with E-state index in [-0.39, 0.29) is 12.6 Å². The number of aliphatic hydroxyl groups is 1. The molecule has 0 fully saturated rings. The Morgan fingerprint density at radius 3 is 3.06 bits per heavy atom. The van der Waals surface area contributed by atoms with Crippen molar-refractivity contribution in [3.05, 3.63) is 27.1 Å². The number of nitrogens with zero attached hydrogens (tertiary/aromatic N) is 1. The minimum absolute atomic E-state index is 0.242. The van der Waals surface area contributed by atoms with Crippen LogP contribution in [0.5, 0.6) is 0 Å². The summed E-state index contributed by atoms with van der Waals surface area (Å²) in [5, 5.41) is 13.6. The lowest BCUT2D eigenvalue weighted by molar-refractivity contribution is 0.245. The molecule has 1 aliphatic carbocycles. The van der Waals surface area contributed by atoms with Crippen LogP contribution in [0.3, 0.4) is 0 Å². The summed E-state index contributed by atoms with van der Waals surface area (Å²) in [6.45, 7) is 2.36. The van der Waals surface area contributed by atoms with Gasteiger partial charge in [-0.3, -0.25) is 0 Å². The third-order valence-electron chi connectivity index (χ3n) is 2.74. The SMILES string of the molecule is CC(N[C@@H]1C=C[C@H](CO)C1)c1ncc(Br)s1. The first kappa shape index (κ1) is 12.2. The molecule has 0 saturated carbocycles. The third kappa shape index (κ3) is 2.91. The van der Waals surface area contributed by atoms with Gasteiger partial charge >= 0.3 is 0 Å².